The number of benzene rings is 1. The third-order valence-corrected chi connectivity index (χ3v) is 5.09. The zero-order valence-corrected chi connectivity index (χ0v) is 14.1. The molecule has 1 atom stereocenters. The predicted molar refractivity (Wildman–Crippen MR) is 89.2 cm³/mol. The summed E-state index contributed by atoms with van der Waals surface area (Å²) in [6.07, 6.45) is 4.84. The van der Waals surface area contributed by atoms with Crippen LogP contribution < -0.4 is 0 Å². The topological polar surface area (TPSA) is 40.5 Å². The highest BCUT2D eigenvalue weighted by Gasteiger charge is 2.29. The standard InChI is InChI=1S/C17H18BrF2NO2/c1-11(2-3-12-8-14(19)10-15(20)9-12)21-6-4-13(5-7-21)16(18)17(22)23/h2-3,8-10,13,16H,1,4-7H2,(H,22,23)/b3-2+. The largest absolute Gasteiger partial charge is 0.480 e. The lowest BCUT2D eigenvalue weighted by molar-refractivity contribution is -0.137. The Morgan fingerprint density at radius 3 is 2.39 bits per heavy atom. The first kappa shape index (κ1) is 17.7. The van der Waals surface area contributed by atoms with E-state index in [4.69, 9.17) is 5.11 Å². The van der Waals surface area contributed by atoms with Gasteiger partial charge in [0.2, 0.25) is 0 Å². The fourth-order valence-corrected chi connectivity index (χ4v) is 3.18. The van der Waals surface area contributed by atoms with Gasteiger partial charge in [0.25, 0.3) is 0 Å². The Labute approximate surface area is 142 Å². The highest BCUT2D eigenvalue weighted by atomic mass is 79.9. The van der Waals surface area contributed by atoms with Crippen molar-refractivity contribution < 1.29 is 18.7 Å². The molecule has 1 unspecified atom stereocenters. The molecule has 1 aromatic carbocycles. The van der Waals surface area contributed by atoms with Crippen LogP contribution in [0.1, 0.15) is 18.4 Å². The minimum absolute atomic E-state index is 0.0952. The Kier molecular flexibility index (Phi) is 5.93. The number of halogens is 3. The zero-order valence-electron chi connectivity index (χ0n) is 12.5. The molecule has 0 amide bonds. The van der Waals surface area contributed by atoms with Crippen LogP contribution in [0.4, 0.5) is 8.78 Å². The van der Waals surface area contributed by atoms with Gasteiger partial charge in [0.1, 0.15) is 16.5 Å². The third kappa shape index (κ3) is 4.89. The number of hydrogen-bond acceptors (Lipinski definition) is 2. The molecule has 1 fully saturated rings. The number of rotatable bonds is 5. The minimum atomic E-state index is -0.838. The van der Waals surface area contributed by atoms with Crippen LogP contribution in [-0.2, 0) is 4.79 Å². The molecule has 23 heavy (non-hydrogen) atoms. The monoisotopic (exact) mass is 385 g/mol. The molecule has 0 spiro atoms. The van der Waals surface area contributed by atoms with Gasteiger partial charge in [-0.2, -0.15) is 0 Å². The van der Waals surface area contributed by atoms with Crippen molar-refractivity contribution in [3.63, 3.8) is 0 Å². The summed E-state index contributed by atoms with van der Waals surface area (Å²) in [6, 6.07) is 3.33. The van der Waals surface area contributed by atoms with E-state index >= 15 is 0 Å². The molecule has 0 aliphatic carbocycles. The van der Waals surface area contributed by atoms with E-state index in [0.717, 1.165) is 24.6 Å². The van der Waals surface area contributed by atoms with E-state index in [-0.39, 0.29) is 5.92 Å². The van der Waals surface area contributed by atoms with Gasteiger partial charge in [-0.25, -0.2) is 8.78 Å². The molecule has 1 heterocycles. The van der Waals surface area contributed by atoms with Crippen molar-refractivity contribution in [2.75, 3.05) is 13.1 Å². The van der Waals surface area contributed by atoms with Crippen LogP contribution in [0, 0.1) is 17.6 Å². The van der Waals surface area contributed by atoms with Crippen molar-refractivity contribution in [3.05, 3.63) is 53.7 Å². The Balaban J connectivity index is 1.92. The van der Waals surface area contributed by atoms with Crippen molar-refractivity contribution in [1.29, 1.82) is 0 Å². The Hall–Kier alpha value is -1.69. The van der Waals surface area contributed by atoms with Crippen LogP contribution in [-0.4, -0.2) is 33.9 Å². The summed E-state index contributed by atoms with van der Waals surface area (Å²) >= 11 is 3.21. The molecule has 124 valence electrons. The van der Waals surface area contributed by atoms with Crippen molar-refractivity contribution in [2.45, 2.75) is 17.7 Å². The Bertz CT molecular complexity index is 605. The molecule has 6 heteroatoms. The molecule has 1 N–H and O–H groups in total. The maximum Gasteiger partial charge on any atom is 0.317 e. The quantitative estimate of drug-likeness (QED) is 0.613. The third-order valence-electron chi connectivity index (χ3n) is 3.95. The summed E-state index contributed by atoms with van der Waals surface area (Å²) in [7, 11) is 0. The van der Waals surface area contributed by atoms with Crippen LogP contribution >= 0.6 is 15.9 Å². The number of allylic oxidation sites excluding steroid dienone is 1. The molecular weight excluding hydrogens is 368 g/mol. The first-order valence-corrected chi connectivity index (χ1v) is 8.23. The zero-order chi connectivity index (χ0) is 17.0. The Morgan fingerprint density at radius 2 is 1.87 bits per heavy atom. The second kappa shape index (κ2) is 7.73. The predicted octanol–water partition coefficient (Wildman–Crippen LogP) is 4.05. The number of carbonyl (C=O) groups is 1. The second-order valence-electron chi connectivity index (χ2n) is 5.59. The van der Waals surface area contributed by atoms with E-state index in [9.17, 15) is 13.6 Å². The van der Waals surface area contributed by atoms with Crippen molar-refractivity contribution in [3.8, 4) is 0 Å². The lowest BCUT2D eigenvalue weighted by Gasteiger charge is -2.34. The van der Waals surface area contributed by atoms with Gasteiger partial charge < -0.3 is 10.0 Å². The first-order valence-electron chi connectivity index (χ1n) is 7.31. The molecule has 1 aliphatic heterocycles. The van der Waals surface area contributed by atoms with E-state index in [1.807, 2.05) is 4.90 Å². The number of aliphatic carboxylic acids is 1. The fourth-order valence-electron chi connectivity index (χ4n) is 2.65. The summed E-state index contributed by atoms with van der Waals surface area (Å²) in [6.45, 7) is 5.38. The van der Waals surface area contributed by atoms with Gasteiger partial charge in [-0.3, -0.25) is 4.79 Å². The molecule has 0 radical (unpaired) electrons. The number of hydrogen-bond donors (Lipinski definition) is 1. The van der Waals surface area contributed by atoms with Gasteiger partial charge in [0.15, 0.2) is 0 Å². The van der Waals surface area contributed by atoms with Gasteiger partial charge in [0.05, 0.1) is 0 Å². The van der Waals surface area contributed by atoms with E-state index < -0.39 is 22.4 Å². The Morgan fingerprint density at radius 1 is 1.30 bits per heavy atom. The summed E-state index contributed by atoms with van der Waals surface area (Å²) in [5.74, 6) is -1.98. The molecule has 3 nitrogen and oxygen atoms in total. The summed E-state index contributed by atoms with van der Waals surface area (Å²) in [4.78, 5) is 12.5. The van der Waals surface area contributed by atoms with Gasteiger partial charge in [-0.15, -0.1) is 0 Å². The van der Waals surface area contributed by atoms with E-state index in [1.165, 1.54) is 12.1 Å². The average molecular weight is 386 g/mol. The van der Waals surface area contributed by atoms with Crippen molar-refractivity contribution in [1.82, 2.24) is 4.90 Å². The van der Waals surface area contributed by atoms with Crippen molar-refractivity contribution in [2.24, 2.45) is 5.92 Å². The lowest BCUT2D eigenvalue weighted by Crippen LogP contribution is -2.37. The molecule has 0 saturated carbocycles. The van der Waals surface area contributed by atoms with Gasteiger partial charge >= 0.3 is 5.97 Å². The highest BCUT2D eigenvalue weighted by Crippen LogP contribution is 2.27. The van der Waals surface area contributed by atoms with E-state index in [2.05, 4.69) is 22.5 Å². The van der Waals surface area contributed by atoms with Crippen molar-refractivity contribution >= 4 is 28.0 Å². The van der Waals surface area contributed by atoms with Crippen LogP contribution in [0.2, 0.25) is 0 Å². The molecule has 0 aromatic heterocycles. The van der Waals surface area contributed by atoms with Gasteiger partial charge in [0, 0.05) is 24.9 Å². The molecular formula is C17H18BrF2NO2. The molecule has 1 saturated heterocycles. The normalized spacial score (nSPS) is 17.4. The SMILES string of the molecule is C=C(/C=C/c1cc(F)cc(F)c1)N1CCC(C(Br)C(=O)O)CC1. The smallest absolute Gasteiger partial charge is 0.317 e. The fraction of sp³-hybridized carbons (Fsp3) is 0.353. The van der Waals surface area contributed by atoms with Gasteiger partial charge in [-0.05, 0) is 42.5 Å². The maximum atomic E-state index is 13.1. The van der Waals surface area contributed by atoms with Crippen LogP contribution in [0.3, 0.4) is 0 Å². The molecule has 1 aliphatic rings. The lowest BCUT2D eigenvalue weighted by atomic mass is 9.93. The van der Waals surface area contributed by atoms with Gasteiger partial charge in [-0.1, -0.05) is 28.6 Å². The number of nitrogens with zero attached hydrogens (tertiary/aromatic N) is 1. The molecule has 2 rings (SSSR count). The summed E-state index contributed by atoms with van der Waals surface area (Å²) in [5.41, 5.74) is 1.18. The molecule has 0 bridgehead atoms. The first-order chi connectivity index (χ1) is 10.9. The summed E-state index contributed by atoms with van der Waals surface area (Å²) < 4.78 is 26.3. The van der Waals surface area contributed by atoms with E-state index in [0.29, 0.717) is 18.7 Å². The summed E-state index contributed by atoms with van der Waals surface area (Å²) in [5, 5.41) is 9.01. The average Bonchev–Trinajstić information content (AvgIpc) is 2.51. The van der Waals surface area contributed by atoms with E-state index in [1.54, 1.807) is 12.2 Å². The molecule has 1 aromatic rings. The highest BCUT2D eigenvalue weighted by molar-refractivity contribution is 9.10. The number of carboxylic acid groups (broad SMARTS) is 1. The minimum Gasteiger partial charge on any atom is -0.480 e. The number of carboxylic acids is 1. The number of likely N-dealkylation sites (tertiary alicyclic amines) is 1. The second-order valence-corrected chi connectivity index (χ2v) is 6.58. The number of piperidine rings is 1. The van der Waals surface area contributed by atoms with Crippen LogP contribution in [0.15, 0.2) is 36.6 Å². The maximum absolute atomic E-state index is 13.1. The van der Waals surface area contributed by atoms with Crippen LogP contribution in [0.25, 0.3) is 6.08 Å². The number of alkyl halides is 1. The van der Waals surface area contributed by atoms with Crippen LogP contribution in [0.5, 0.6) is 0 Å².